The summed E-state index contributed by atoms with van der Waals surface area (Å²) in [4.78, 5) is 21.6. The highest BCUT2D eigenvalue weighted by Gasteiger charge is 2.47. The zero-order valence-electron chi connectivity index (χ0n) is 8.89. The standard InChI is InChI=1S/C11H10F2O4/c1-7(11(12,13)10(15)16)17-9(14)8-5-3-2-4-6-8/h2-7H,1H3,(H,15,16). The van der Waals surface area contributed by atoms with Crippen LogP contribution >= 0.6 is 0 Å². The number of benzene rings is 1. The van der Waals surface area contributed by atoms with Crippen LogP contribution in [0.25, 0.3) is 0 Å². The van der Waals surface area contributed by atoms with Crippen LogP contribution in [0.5, 0.6) is 0 Å². The highest BCUT2D eigenvalue weighted by Crippen LogP contribution is 2.22. The monoisotopic (exact) mass is 244 g/mol. The van der Waals surface area contributed by atoms with Crippen LogP contribution in [0, 0.1) is 0 Å². The predicted molar refractivity (Wildman–Crippen MR) is 53.9 cm³/mol. The molecule has 0 saturated carbocycles. The maximum absolute atomic E-state index is 12.9. The molecule has 0 spiro atoms. The molecule has 1 rings (SSSR count). The third-order valence-corrected chi connectivity index (χ3v) is 2.09. The summed E-state index contributed by atoms with van der Waals surface area (Å²) in [6.45, 7) is 0.828. The van der Waals surface area contributed by atoms with Gasteiger partial charge in [-0.15, -0.1) is 0 Å². The van der Waals surface area contributed by atoms with Crippen molar-refractivity contribution in [2.24, 2.45) is 0 Å². The topological polar surface area (TPSA) is 63.6 Å². The highest BCUT2D eigenvalue weighted by molar-refractivity contribution is 5.89. The van der Waals surface area contributed by atoms with Gasteiger partial charge in [-0.1, -0.05) is 18.2 Å². The largest absolute Gasteiger partial charge is 0.477 e. The van der Waals surface area contributed by atoms with Gasteiger partial charge in [0.2, 0.25) is 0 Å². The molecule has 0 radical (unpaired) electrons. The fourth-order valence-electron chi connectivity index (χ4n) is 1.05. The lowest BCUT2D eigenvalue weighted by Crippen LogP contribution is -2.42. The highest BCUT2D eigenvalue weighted by atomic mass is 19.3. The zero-order valence-corrected chi connectivity index (χ0v) is 8.89. The van der Waals surface area contributed by atoms with Gasteiger partial charge in [-0.05, 0) is 19.1 Å². The molecule has 1 N–H and O–H groups in total. The van der Waals surface area contributed by atoms with E-state index in [0.29, 0.717) is 0 Å². The van der Waals surface area contributed by atoms with E-state index in [4.69, 9.17) is 5.11 Å². The normalized spacial score (nSPS) is 12.9. The number of carbonyl (C=O) groups is 2. The van der Waals surface area contributed by atoms with Crippen LogP contribution in [-0.2, 0) is 9.53 Å². The van der Waals surface area contributed by atoms with Crippen molar-refractivity contribution in [3.8, 4) is 0 Å². The van der Waals surface area contributed by atoms with Crippen molar-refractivity contribution in [2.75, 3.05) is 0 Å². The number of carbonyl (C=O) groups excluding carboxylic acids is 1. The summed E-state index contributed by atoms with van der Waals surface area (Å²) >= 11 is 0. The predicted octanol–water partition coefficient (Wildman–Crippen LogP) is 1.95. The number of aliphatic carboxylic acids is 1. The minimum atomic E-state index is -4.11. The van der Waals surface area contributed by atoms with Crippen LogP contribution in [0.3, 0.4) is 0 Å². The molecule has 92 valence electrons. The van der Waals surface area contributed by atoms with Gasteiger partial charge in [-0.3, -0.25) is 0 Å². The molecule has 0 aromatic heterocycles. The molecule has 1 atom stereocenters. The Balaban J connectivity index is 2.74. The summed E-state index contributed by atoms with van der Waals surface area (Å²) < 4.78 is 30.3. The van der Waals surface area contributed by atoms with Gasteiger partial charge in [0.1, 0.15) is 0 Å². The van der Waals surface area contributed by atoms with Crippen LogP contribution in [0.15, 0.2) is 30.3 Å². The molecule has 0 aliphatic heterocycles. The van der Waals surface area contributed by atoms with Crippen LogP contribution in [0.2, 0.25) is 0 Å². The molecule has 0 aliphatic rings. The van der Waals surface area contributed by atoms with Crippen molar-refractivity contribution in [1.29, 1.82) is 0 Å². The molecule has 0 fully saturated rings. The first-order valence-electron chi connectivity index (χ1n) is 4.73. The minimum absolute atomic E-state index is 0.0838. The zero-order chi connectivity index (χ0) is 13.1. The van der Waals surface area contributed by atoms with Gasteiger partial charge in [0, 0.05) is 0 Å². The Hall–Kier alpha value is -1.98. The van der Waals surface area contributed by atoms with Crippen LogP contribution in [-0.4, -0.2) is 29.1 Å². The second-order valence-corrected chi connectivity index (χ2v) is 3.34. The van der Waals surface area contributed by atoms with Gasteiger partial charge in [-0.25, -0.2) is 9.59 Å². The molecule has 0 heterocycles. The fraction of sp³-hybridized carbons (Fsp3) is 0.273. The van der Waals surface area contributed by atoms with Gasteiger partial charge in [0.15, 0.2) is 6.10 Å². The van der Waals surface area contributed by atoms with Gasteiger partial charge in [0.05, 0.1) is 5.56 Å². The van der Waals surface area contributed by atoms with Crippen molar-refractivity contribution in [3.05, 3.63) is 35.9 Å². The van der Waals surface area contributed by atoms with Crippen molar-refractivity contribution >= 4 is 11.9 Å². The van der Waals surface area contributed by atoms with E-state index in [2.05, 4.69) is 4.74 Å². The smallest absolute Gasteiger partial charge is 0.378 e. The van der Waals surface area contributed by atoms with E-state index in [9.17, 15) is 18.4 Å². The molecule has 0 amide bonds. The van der Waals surface area contributed by atoms with Gasteiger partial charge in [-0.2, -0.15) is 8.78 Å². The first-order chi connectivity index (χ1) is 7.85. The van der Waals surface area contributed by atoms with Gasteiger partial charge >= 0.3 is 17.9 Å². The number of halogens is 2. The van der Waals surface area contributed by atoms with Gasteiger partial charge in [0.25, 0.3) is 0 Å². The molecule has 0 bridgehead atoms. The van der Waals surface area contributed by atoms with Crippen LogP contribution in [0.4, 0.5) is 8.78 Å². The van der Waals surface area contributed by atoms with Crippen LogP contribution in [0.1, 0.15) is 17.3 Å². The molecular formula is C11H10F2O4. The van der Waals surface area contributed by atoms with E-state index in [1.165, 1.54) is 24.3 Å². The number of carboxylic acids is 1. The molecule has 1 unspecified atom stereocenters. The maximum Gasteiger partial charge on any atom is 0.378 e. The molecule has 4 nitrogen and oxygen atoms in total. The van der Waals surface area contributed by atoms with E-state index in [1.807, 2.05) is 0 Å². The summed E-state index contributed by atoms with van der Waals surface area (Å²) in [5, 5.41) is 8.25. The lowest BCUT2D eigenvalue weighted by Gasteiger charge is -2.19. The van der Waals surface area contributed by atoms with Crippen LogP contribution < -0.4 is 0 Å². The number of alkyl halides is 2. The second-order valence-electron chi connectivity index (χ2n) is 3.34. The van der Waals surface area contributed by atoms with E-state index < -0.39 is 24.0 Å². The quantitative estimate of drug-likeness (QED) is 0.822. The average molecular weight is 244 g/mol. The molecule has 1 aromatic carbocycles. The Morgan fingerprint density at radius 1 is 1.29 bits per heavy atom. The van der Waals surface area contributed by atoms with Crippen molar-refractivity contribution in [3.63, 3.8) is 0 Å². The fourth-order valence-corrected chi connectivity index (χ4v) is 1.05. The summed E-state index contributed by atoms with van der Waals surface area (Å²) in [6, 6.07) is 7.49. The molecular weight excluding hydrogens is 234 g/mol. The molecule has 0 aliphatic carbocycles. The molecule has 6 heteroatoms. The number of esters is 1. The lowest BCUT2D eigenvalue weighted by molar-refractivity contribution is -0.180. The number of hydrogen-bond donors (Lipinski definition) is 1. The Morgan fingerprint density at radius 3 is 2.29 bits per heavy atom. The van der Waals surface area contributed by atoms with E-state index >= 15 is 0 Å². The Bertz CT molecular complexity index is 417. The maximum atomic E-state index is 12.9. The number of carboxylic acid groups (broad SMARTS) is 1. The number of rotatable bonds is 4. The van der Waals surface area contributed by atoms with Crippen molar-refractivity contribution < 1.29 is 28.2 Å². The Morgan fingerprint density at radius 2 is 1.82 bits per heavy atom. The molecule has 1 aromatic rings. The first kappa shape index (κ1) is 13.1. The molecule has 0 saturated heterocycles. The number of ether oxygens (including phenoxy) is 1. The van der Waals surface area contributed by atoms with E-state index in [1.54, 1.807) is 6.07 Å². The molecule has 17 heavy (non-hydrogen) atoms. The van der Waals surface area contributed by atoms with Crippen molar-refractivity contribution in [2.45, 2.75) is 19.0 Å². The second kappa shape index (κ2) is 4.90. The summed E-state index contributed by atoms with van der Waals surface area (Å²) in [6.07, 6.45) is -2.03. The Kier molecular flexibility index (Phi) is 3.77. The summed E-state index contributed by atoms with van der Waals surface area (Å²) in [5.41, 5.74) is 0.0838. The summed E-state index contributed by atoms with van der Waals surface area (Å²) in [7, 11) is 0. The number of hydrogen-bond acceptors (Lipinski definition) is 3. The first-order valence-corrected chi connectivity index (χ1v) is 4.73. The van der Waals surface area contributed by atoms with Crippen molar-refractivity contribution in [1.82, 2.24) is 0 Å². The lowest BCUT2D eigenvalue weighted by atomic mass is 10.2. The SMILES string of the molecule is CC(OC(=O)c1ccccc1)C(F)(F)C(=O)O. The third kappa shape index (κ3) is 2.99. The van der Waals surface area contributed by atoms with E-state index in [-0.39, 0.29) is 5.56 Å². The Labute approximate surface area is 95.8 Å². The van der Waals surface area contributed by atoms with E-state index in [0.717, 1.165) is 6.92 Å². The van der Waals surface area contributed by atoms with Gasteiger partial charge < -0.3 is 9.84 Å². The summed E-state index contributed by atoms with van der Waals surface area (Å²) in [5.74, 6) is -7.42. The minimum Gasteiger partial charge on any atom is -0.477 e. The third-order valence-electron chi connectivity index (χ3n) is 2.09. The average Bonchev–Trinajstić information content (AvgIpc) is 2.29.